The molecule has 0 aliphatic carbocycles. The summed E-state index contributed by atoms with van der Waals surface area (Å²) in [6.07, 6.45) is 10.8. The smallest absolute Gasteiger partial charge is 0.328 e. The standard InChI is InChI=1S/C32H48N2O9/c1-19(8-11-24-16-32(18-40-32)17-25(43-24)15-29(37)34-31(6,7)30(38)39)9-12-27-20(2)14-26(22(4)42-27)33-28(36)13-10-21(3)41-23(5)35/h8-11,13,20-22,24-27H,12,14-18H2,1-7H3,(H,33,36)(H,34,37)(H,38,39). The van der Waals surface area contributed by atoms with E-state index in [0.717, 1.165) is 18.4 Å². The summed E-state index contributed by atoms with van der Waals surface area (Å²) < 4.78 is 23.2. The van der Waals surface area contributed by atoms with Crippen LogP contribution < -0.4 is 10.6 Å². The maximum atomic E-state index is 12.5. The number of epoxide rings is 1. The Morgan fingerprint density at radius 1 is 1.12 bits per heavy atom. The number of nitrogens with one attached hydrogen (secondary N) is 2. The van der Waals surface area contributed by atoms with Gasteiger partial charge in [-0.1, -0.05) is 30.7 Å². The zero-order valence-corrected chi connectivity index (χ0v) is 26.4. The van der Waals surface area contributed by atoms with Gasteiger partial charge in [-0.2, -0.15) is 0 Å². The summed E-state index contributed by atoms with van der Waals surface area (Å²) >= 11 is 0. The summed E-state index contributed by atoms with van der Waals surface area (Å²) in [5, 5.41) is 14.8. The van der Waals surface area contributed by atoms with E-state index in [4.69, 9.17) is 18.9 Å². The van der Waals surface area contributed by atoms with E-state index >= 15 is 0 Å². The average molecular weight is 605 g/mol. The summed E-state index contributed by atoms with van der Waals surface area (Å²) in [6, 6.07) is -0.122. The molecule has 3 saturated heterocycles. The third-order valence-electron chi connectivity index (χ3n) is 8.15. The Morgan fingerprint density at radius 2 is 1.81 bits per heavy atom. The number of ether oxygens (including phenoxy) is 4. The van der Waals surface area contributed by atoms with E-state index < -0.39 is 23.6 Å². The topological polar surface area (TPSA) is 153 Å². The normalized spacial score (nSPS) is 32.0. The summed E-state index contributed by atoms with van der Waals surface area (Å²) in [5.74, 6) is -1.88. The predicted molar refractivity (Wildman–Crippen MR) is 159 cm³/mol. The Labute approximate surface area is 254 Å². The van der Waals surface area contributed by atoms with Crippen LogP contribution in [-0.4, -0.2) is 83.2 Å². The Kier molecular flexibility index (Phi) is 11.7. The fourth-order valence-electron chi connectivity index (χ4n) is 5.54. The van der Waals surface area contributed by atoms with Gasteiger partial charge in [-0.05, 0) is 59.5 Å². The van der Waals surface area contributed by atoms with Crippen molar-refractivity contribution >= 4 is 23.8 Å². The van der Waals surface area contributed by atoms with Gasteiger partial charge in [0.05, 0.1) is 49.1 Å². The van der Waals surface area contributed by atoms with Crippen molar-refractivity contribution in [2.45, 2.75) is 128 Å². The molecule has 240 valence electrons. The lowest BCUT2D eigenvalue weighted by molar-refractivity contribution is -0.147. The number of aliphatic carboxylic acids is 1. The van der Waals surface area contributed by atoms with Gasteiger partial charge < -0.3 is 34.7 Å². The zero-order chi connectivity index (χ0) is 31.9. The van der Waals surface area contributed by atoms with Crippen molar-refractivity contribution in [1.82, 2.24) is 10.6 Å². The molecule has 0 radical (unpaired) electrons. The Morgan fingerprint density at radius 3 is 2.44 bits per heavy atom. The minimum absolute atomic E-state index is 0.0121. The number of carboxylic acids is 1. The molecular formula is C32H48N2O9. The van der Waals surface area contributed by atoms with Crippen molar-refractivity contribution in [3.8, 4) is 0 Å². The SMILES string of the molecule is CC(=O)OC(C)C=CC(=O)NC1CC(C)C(CC=C(C)C=CC2CC3(CO3)CC(CC(=O)NC(C)(C)C(=O)O)O2)OC1C. The van der Waals surface area contributed by atoms with Crippen molar-refractivity contribution in [1.29, 1.82) is 0 Å². The maximum Gasteiger partial charge on any atom is 0.328 e. The number of carboxylic acid groups (broad SMARTS) is 1. The molecule has 0 aromatic rings. The Bertz CT molecular complexity index is 1120. The van der Waals surface area contributed by atoms with Crippen molar-refractivity contribution in [3.63, 3.8) is 0 Å². The van der Waals surface area contributed by atoms with E-state index in [2.05, 4.69) is 23.6 Å². The van der Waals surface area contributed by atoms with Gasteiger partial charge in [0.2, 0.25) is 11.8 Å². The molecule has 0 bridgehead atoms. The molecule has 3 aliphatic rings. The van der Waals surface area contributed by atoms with E-state index in [-0.39, 0.29) is 60.2 Å². The van der Waals surface area contributed by atoms with E-state index in [1.807, 2.05) is 26.0 Å². The number of carbonyl (C=O) groups is 4. The molecule has 1 spiro atoms. The quantitative estimate of drug-likeness (QED) is 0.132. The highest BCUT2D eigenvalue weighted by Gasteiger charge is 2.51. The number of allylic oxidation sites excluding steroid dienone is 2. The van der Waals surface area contributed by atoms with Crippen LogP contribution in [0.4, 0.5) is 0 Å². The molecule has 0 aromatic carbocycles. The van der Waals surface area contributed by atoms with Crippen LogP contribution in [0.15, 0.2) is 36.0 Å². The first kappa shape index (κ1) is 34.5. The molecule has 0 saturated carbocycles. The summed E-state index contributed by atoms with van der Waals surface area (Å²) in [7, 11) is 0. The molecule has 3 aliphatic heterocycles. The Balaban J connectivity index is 1.48. The predicted octanol–water partition coefficient (Wildman–Crippen LogP) is 3.37. The number of amides is 2. The second kappa shape index (κ2) is 14.6. The van der Waals surface area contributed by atoms with E-state index in [9.17, 15) is 24.3 Å². The number of esters is 1. The van der Waals surface area contributed by atoms with Crippen molar-refractivity contribution < 1.29 is 43.2 Å². The summed E-state index contributed by atoms with van der Waals surface area (Å²) in [5.41, 5.74) is -0.568. The van der Waals surface area contributed by atoms with Crippen LogP contribution in [0, 0.1) is 5.92 Å². The van der Waals surface area contributed by atoms with Crippen molar-refractivity contribution in [2.24, 2.45) is 5.92 Å². The van der Waals surface area contributed by atoms with Gasteiger partial charge in [-0.25, -0.2) is 4.79 Å². The average Bonchev–Trinajstić information content (AvgIpc) is 3.63. The highest BCUT2D eigenvalue weighted by atomic mass is 16.6. The van der Waals surface area contributed by atoms with Crippen LogP contribution in [0.3, 0.4) is 0 Å². The molecule has 2 amide bonds. The summed E-state index contributed by atoms with van der Waals surface area (Å²) in [4.78, 5) is 47.3. The molecule has 0 aromatic heterocycles. The highest BCUT2D eigenvalue weighted by Crippen LogP contribution is 2.43. The molecule has 8 atom stereocenters. The van der Waals surface area contributed by atoms with Gasteiger partial charge in [0.15, 0.2) is 0 Å². The van der Waals surface area contributed by atoms with Crippen LogP contribution in [0.5, 0.6) is 0 Å². The molecular weight excluding hydrogens is 556 g/mol. The largest absolute Gasteiger partial charge is 0.480 e. The van der Waals surface area contributed by atoms with Gasteiger partial charge in [0.25, 0.3) is 0 Å². The van der Waals surface area contributed by atoms with Gasteiger partial charge in [-0.3, -0.25) is 14.4 Å². The molecule has 3 rings (SSSR count). The van der Waals surface area contributed by atoms with Crippen molar-refractivity contribution in [2.75, 3.05) is 6.61 Å². The van der Waals surface area contributed by atoms with E-state index in [1.165, 1.54) is 26.8 Å². The van der Waals surface area contributed by atoms with Gasteiger partial charge >= 0.3 is 11.9 Å². The number of hydrogen-bond donors (Lipinski definition) is 3. The van der Waals surface area contributed by atoms with E-state index in [0.29, 0.717) is 19.4 Å². The lowest BCUT2D eigenvalue weighted by Gasteiger charge is -2.39. The number of rotatable bonds is 12. The maximum absolute atomic E-state index is 12.5. The monoisotopic (exact) mass is 604 g/mol. The minimum atomic E-state index is -1.35. The lowest BCUT2D eigenvalue weighted by atomic mass is 9.88. The first-order valence-corrected chi connectivity index (χ1v) is 15.1. The van der Waals surface area contributed by atoms with Crippen LogP contribution in [-0.2, 0) is 38.1 Å². The molecule has 43 heavy (non-hydrogen) atoms. The fraction of sp³-hybridized carbons (Fsp3) is 0.688. The molecule has 3 fully saturated rings. The highest BCUT2D eigenvalue weighted by molar-refractivity contribution is 5.88. The van der Waals surface area contributed by atoms with Gasteiger partial charge in [0, 0.05) is 25.8 Å². The third-order valence-corrected chi connectivity index (χ3v) is 8.15. The summed E-state index contributed by atoms with van der Waals surface area (Å²) in [6.45, 7) is 12.7. The zero-order valence-electron chi connectivity index (χ0n) is 26.4. The fourth-order valence-corrected chi connectivity index (χ4v) is 5.54. The minimum Gasteiger partial charge on any atom is -0.480 e. The molecule has 8 unspecified atom stereocenters. The van der Waals surface area contributed by atoms with Gasteiger partial charge in [0.1, 0.15) is 11.6 Å². The number of carbonyl (C=O) groups excluding carboxylic acids is 3. The van der Waals surface area contributed by atoms with Crippen LogP contribution in [0.2, 0.25) is 0 Å². The van der Waals surface area contributed by atoms with Gasteiger partial charge in [-0.15, -0.1) is 0 Å². The second-order valence-electron chi connectivity index (χ2n) is 12.8. The molecule has 11 nitrogen and oxygen atoms in total. The first-order chi connectivity index (χ1) is 20.1. The van der Waals surface area contributed by atoms with Crippen LogP contribution in [0.25, 0.3) is 0 Å². The first-order valence-electron chi connectivity index (χ1n) is 15.1. The molecule has 11 heteroatoms. The van der Waals surface area contributed by atoms with Crippen LogP contribution >= 0.6 is 0 Å². The lowest BCUT2D eigenvalue weighted by Crippen LogP contribution is -2.51. The second-order valence-corrected chi connectivity index (χ2v) is 12.8. The number of hydrogen-bond acceptors (Lipinski definition) is 8. The van der Waals surface area contributed by atoms with E-state index in [1.54, 1.807) is 13.0 Å². The Hall–Kier alpha value is -3.02. The third kappa shape index (κ3) is 10.9. The van der Waals surface area contributed by atoms with Crippen molar-refractivity contribution in [3.05, 3.63) is 36.0 Å². The molecule has 3 N–H and O–H groups in total. The molecule has 3 heterocycles. The van der Waals surface area contributed by atoms with Crippen LogP contribution in [0.1, 0.15) is 80.6 Å².